The number of benzene rings is 1. The van der Waals surface area contributed by atoms with Crippen LogP contribution in [0.4, 0.5) is 4.39 Å². The molecule has 0 fully saturated rings. The van der Waals surface area contributed by atoms with E-state index in [1.54, 1.807) is 0 Å². The van der Waals surface area contributed by atoms with Crippen LogP contribution >= 0.6 is 15.9 Å². The molecule has 0 amide bonds. The first-order valence-electron chi connectivity index (χ1n) is 4.42. The lowest BCUT2D eigenvalue weighted by atomic mass is 9.88. The van der Waals surface area contributed by atoms with Crippen molar-refractivity contribution in [2.24, 2.45) is 5.73 Å². The fraction of sp³-hybridized carbons (Fsp3) is 0.400. The maximum atomic E-state index is 13.2. The van der Waals surface area contributed by atoms with Crippen LogP contribution in [0.3, 0.4) is 0 Å². The average molecular weight is 244 g/mol. The molecule has 1 aromatic rings. The second-order valence-corrected chi connectivity index (χ2v) is 4.23. The third-order valence-electron chi connectivity index (χ3n) is 2.55. The highest BCUT2D eigenvalue weighted by Gasteiger charge is 2.21. The van der Waals surface area contributed by atoms with Gasteiger partial charge in [0, 0.05) is 6.04 Å². The van der Waals surface area contributed by atoms with E-state index < -0.39 is 0 Å². The molecule has 13 heavy (non-hydrogen) atoms. The zero-order chi connectivity index (χ0) is 9.42. The standard InChI is InChI=1S/C10H11BrFN/c11-10-7(12)5-4-6-2-1-3-8(13)9(6)10/h4-5,8H,1-3,13H2/t8-/m1/s1. The van der Waals surface area contributed by atoms with Crippen molar-refractivity contribution in [1.82, 2.24) is 0 Å². The molecular formula is C10H11BrFN. The van der Waals surface area contributed by atoms with E-state index in [1.807, 2.05) is 6.07 Å². The monoisotopic (exact) mass is 243 g/mol. The van der Waals surface area contributed by atoms with Crippen molar-refractivity contribution < 1.29 is 4.39 Å². The van der Waals surface area contributed by atoms with Crippen molar-refractivity contribution in [1.29, 1.82) is 0 Å². The summed E-state index contributed by atoms with van der Waals surface area (Å²) in [6.45, 7) is 0. The molecule has 0 bridgehead atoms. The zero-order valence-corrected chi connectivity index (χ0v) is 8.77. The van der Waals surface area contributed by atoms with Crippen LogP contribution in [-0.4, -0.2) is 0 Å². The van der Waals surface area contributed by atoms with Gasteiger partial charge in [0.2, 0.25) is 0 Å². The van der Waals surface area contributed by atoms with E-state index in [4.69, 9.17) is 5.73 Å². The Bertz CT molecular complexity index is 338. The molecule has 0 saturated heterocycles. The normalized spacial score (nSPS) is 21.3. The number of hydrogen-bond donors (Lipinski definition) is 1. The second kappa shape index (κ2) is 3.39. The summed E-state index contributed by atoms with van der Waals surface area (Å²) >= 11 is 3.25. The maximum Gasteiger partial charge on any atom is 0.137 e. The molecule has 3 heteroatoms. The van der Waals surface area contributed by atoms with Gasteiger partial charge < -0.3 is 5.73 Å². The molecule has 1 aliphatic rings. The second-order valence-electron chi connectivity index (χ2n) is 3.43. The Morgan fingerprint density at radius 1 is 1.46 bits per heavy atom. The highest BCUT2D eigenvalue weighted by Crippen LogP contribution is 2.34. The third kappa shape index (κ3) is 1.51. The SMILES string of the molecule is N[C@@H]1CCCc2ccc(F)c(Br)c21. The molecule has 1 nitrogen and oxygen atoms in total. The van der Waals surface area contributed by atoms with Crippen LogP contribution in [0.5, 0.6) is 0 Å². The Kier molecular flexibility index (Phi) is 2.39. The molecule has 1 atom stereocenters. The largest absolute Gasteiger partial charge is 0.324 e. The summed E-state index contributed by atoms with van der Waals surface area (Å²) in [5.74, 6) is -0.212. The molecule has 0 saturated carbocycles. The van der Waals surface area contributed by atoms with Crippen molar-refractivity contribution in [3.63, 3.8) is 0 Å². The summed E-state index contributed by atoms with van der Waals surface area (Å²) in [5.41, 5.74) is 8.07. The Labute approximate surface area is 85.3 Å². The first kappa shape index (κ1) is 9.16. The van der Waals surface area contributed by atoms with Crippen LogP contribution in [0, 0.1) is 5.82 Å². The molecular weight excluding hydrogens is 233 g/mol. The van der Waals surface area contributed by atoms with Crippen LogP contribution in [-0.2, 0) is 6.42 Å². The summed E-state index contributed by atoms with van der Waals surface area (Å²) in [7, 11) is 0. The van der Waals surface area contributed by atoms with Gasteiger partial charge >= 0.3 is 0 Å². The molecule has 70 valence electrons. The van der Waals surface area contributed by atoms with Crippen molar-refractivity contribution in [3.8, 4) is 0 Å². The lowest BCUT2D eigenvalue weighted by molar-refractivity contribution is 0.551. The molecule has 2 N–H and O–H groups in total. The quantitative estimate of drug-likeness (QED) is 0.746. The Balaban J connectivity index is 2.58. The number of halogens is 2. The average Bonchev–Trinajstić information content (AvgIpc) is 2.12. The fourth-order valence-corrected chi connectivity index (χ4v) is 2.56. The molecule has 0 unspecified atom stereocenters. The van der Waals surface area contributed by atoms with Crippen molar-refractivity contribution in [3.05, 3.63) is 33.5 Å². The number of fused-ring (bicyclic) bond motifs is 1. The predicted molar refractivity (Wildman–Crippen MR) is 54.0 cm³/mol. The van der Waals surface area contributed by atoms with E-state index in [2.05, 4.69) is 15.9 Å². The third-order valence-corrected chi connectivity index (χ3v) is 3.36. The topological polar surface area (TPSA) is 26.0 Å². The predicted octanol–water partition coefficient (Wildman–Crippen LogP) is 2.92. The van der Waals surface area contributed by atoms with E-state index in [1.165, 1.54) is 11.6 Å². The number of aryl methyl sites for hydroxylation is 1. The first-order chi connectivity index (χ1) is 6.20. The van der Waals surface area contributed by atoms with Crippen LogP contribution < -0.4 is 5.73 Å². The van der Waals surface area contributed by atoms with Gasteiger partial charge in [-0.05, 0) is 52.4 Å². The highest BCUT2D eigenvalue weighted by atomic mass is 79.9. The zero-order valence-electron chi connectivity index (χ0n) is 7.19. The van der Waals surface area contributed by atoms with E-state index in [-0.39, 0.29) is 11.9 Å². The molecule has 0 heterocycles. The van der Waals surface area contributed by atoms with Gasteiger partial charge in [0.05, 0.1) is 4.47 Å². The Hall–Kier alpha value is -0.410. The van der Waals surface area contributed by atoms with Gasteiger partial charge in [0.15, 0.2) is 0 Å². The fourth-order valence-electron chi connectivity index (χ4n) is 1.88. The number of rotatable bonds is 0. The van der Waals surface area contributed by atoms with E-state index in [0.717, 1.165) is 24.8 Å². The Morgan fingerprint density at radius 3 is 3.00 bits per heavy atom. The molecule has 0 radical (unpaired) electrons. The van der Waals surface area contributed by atoms with Gasteiger partial charge in [-0.25, -0.2) is 4.39 Å². The van der Waals surface area contributed by atoms with Crippen LogP contribution in [0.15, 0.2) is 16.6 Å². The number of nitrogens with two attached hydrogens (primary N) is 1. The molecule has 0 spiro atoms. The van der Waals surface area contributed by atoms with Gasteiger partial charge in [-0.1, -0.05) is 6.07 Å². The minimum absolute atomic E-state index is 0.00572. The lowest BCUT2D eigenvalue weighted by Gasteiger charge is -2.23. The lowest BCUT2D eigenvalue weighted by Crippen LogP contribution is -2.18. The summed E-state index contributed by atoms with van der Waals surface area (Å²) in [5, 5.41) is 0. The van der Waals surface area contributed by atoms with Gasteiger partial charge in [-0.3, -0.25) is 0 Å². The number of hydrogen-bond acceptors (Lipinski definition) is 1. The Morgan fingerprint density at radius 2 is 2.23 bits per heavy atom. The summed E-state index contributed by atoms with van der Waals surface area (Å²) in [4.78, 5) is 0. The van der Waals surface area contributed by atoms with Crippen LogP contribution in [0.1, 0.15) is 30.0 Å². The highest BCUT2D eigenvalue weighted by molar-refractivity contribution is 9.10. The minimum atomic E-state index is -0.212. The van der Waals surface area contributed by atoms with Crippen molar-refractivity contribution in [2.45, 2.75) is 25.3 Å². The maximum absolute atomic E-state index is 13.2. The van der Waals surface area contributed by atoms with E-state index in [9.17, 15) is 4.39 Å². The molecule has 1 aromatic carbocycles. The van der Waals surface area contributed by atoms with E-state index in [0.29, 0.717) is 4.47 Å². The summed E-state index contributed by atoms with van der Waals surface area (Å²) in [6.07, 6.45) is 3.07. The van der Waals surface area contributed by atoms with Gasteiger partial charge in [-0.15, -0.1) is 0 Å². The summed E-state index contributed by atoms with van der Waals surface area (Å²) < 4.78 is 13.7. The minimum Gasteiger partial charge on any atom is -0.324 e. The van der Waals surface area contributed by atoms with Crippen LogP contribution in [0.2, 0.25) is 0 Å². The van der Waals surface area contributed by atoms with Gasteiger partial charge in [-0.2, -0.15) is 0 Å². The van der Waals surface area contributed by atoms with Gasteiger partial charge in [0.25, 0.3) is 0 Å². The molecule has 1 aliphatic carbocycles. The summed E-state index contributed by atoms with van der Waals surface area (Å²) in [6, 6.07) is 3.34. The van der Waals surface area contributed by atoms with Gasteiger partial charge in [0.1, 0.15) is 5.82 Å². The molecule has 0 aromatic heterocycles. The molecule has 0 aliphatic heterocycles. The first-order valence-corrected chi connectivity index (χ1v) is 5.22. The molecule has 2 rings (SSSR count). The van der Waals surface area contributed by atoms with Crippen molar-refractivity contribution in [2.75, 3.05) is 0 Å². The van der Waals surface area contributed by atoms with Crippen LogP contribution in [0.25, 0.3) is 0 Å². The van der Waals surface area contributed by atoms with E-state index >= 15 is 0 Å². The van der Waals surface area contributed by atoms with Crippen molar-refractivity contribution >= 4 is 15.9 Å². The smallest absolute Gasteiger partial charge is 0.137 e.